The van der Waals surface area contributed by atoms with E-state index in [0.717, 1.165) is 31.5 Å². The molecule has 2 rings (SSSR count). The number of rotatable bonds is 6. The van der Waals surface area contributed by atoms with Gasteiger partial charge in [0.1, 0.15) is 5.82 Å². The number of carboxylic acid groups (broad SMARTS) is 1. The van der Waals surface area contributed by atoms with Crippen molar-refractivity contribution in [2.75, 3.05) is 13.1 Å². The molecule has 0 aromatic heterocycles. The highest BCUT2D eigenvalue weighted by Crippen LogP contribution is 2.37. The molecular formula is C13H16FNO2. The third-order valence-corrected chi connectivity index (χ3v) is 3.13. The van der Waals surface area contributed by atoms with Crippen LogP contribution in [0.3, 0.4) is 0 Å². The molecule has 2 atom stereocenters. The van der Waals surface area contributed by atoms with Gasteiger partial charge in [-0.1, -0.05) is 12.1 Å². The molecule has 2 N–H and O–H groups in total. The molecule has 0 heterocycles. The summed E-state index contributed by atoms with van der Waals surface area (Å²) in [4.78, 5) is 10.6. The van der Waals surface area contributed by atoms with E-state index in [9.17, 15) is 9.18 Å². The van der Waals surface area contributed by atoms with Crippen molar-refractivity contribution >= 4 is 5.97 Å². The Labute approximate surface area is 99.7 Å². The zero-order chi connectivity index (χ0) is 12.3. The Morgan fingerprint density at radius 1 is 1.53 bits per heavy atom. The topological polar surface area (TPSA) is 49.3 Å². The van der Waals surface area contributed by atoms with Crippen molar-refractivity contribution in [2.45, 2.75) is 12.8 Å². The summed E-state index contributed by atoms with van der Waals surface area (Å²) >= 11 is 0. The van der Waals surface area contributed by atoms with Gasteiger partial charge < -0.3 is 10.4 Å². The Morgan fingerprint density at radius 3 is 3.00 bits per heavy atom. The van der Waals surface area contributed by atoms with E-state index < -0.39 is 5.97 Å². The fourth-order valence-electron chi connectivity index (χ4n) is 1.99. The van der Waals surface area contributed by atoms with Crippen LogP contribution in [0, 0.1) is 17.7 Å². The summed E-state index contributed by atoms with van der Waals surface area (Å²) in [5, 5.41) is 11.9. The van der Waals surface area contributed by atoms with Gasteiger partial charge in [-0.15, -0.1) is 0 Å². The van der Waals surface area contributed by atoms with Gasteiger partial charge in [-0.3, -0.25) is 4.79 Å². The molecule has 2 unspecified atom stereocenters. The van der Waals surface area contributed by atoms with Gasteiger partial charge in [0, 0.05) is 0 Å². The number of nitrogens with one attached hydrogen (secondary N) is 1. The first-order valence-corrected chi connectivity index (χ1v) is 5.85. The molecule has 1 saturated carbocycles. The maximum Gasteiger partial charge on any atom is 0.306 e. The summed E-state index contributed by atoms with van der Waals surface area (Å²) in [6.45, 7) is 1.50. The van der Waals surface area contributed by atoms with Crippen molar-refractivity contribution in [3.05, 3.63) is 35.6 Å². The number of carbonyl (C=O) groups is 1. The van der Waals surface area contributed by atoms with Crippen LogP contribution in [0.1, 0.15) is 12.0 Å². The first-order chi connectivity index (χ1) is 8.16. The second kappa shape index (κ2) is 5.27. The Hall–Kier alpha value is -1.42. The molecule has 92 valence electrons. The van der Waals surface area contributed by atoms with E-state index in [2.05, 4.69) is 5.32 Å². The average Bonchev–Trinajstić information content (AvgIpc) is 3.04. The average molecular weight is 237 g/mol. The Morgan fingerprint density at radius 2 is 2.35 bits per heavy atom. The van der Waals surface area contributed by atoms with Crippen LogP contribution in [-0.4, -0.2) is 24.2 Å². The van der Waals surface area contributed by atoms with E-state index in [0.29, 0.717) is 0 Å². The SMILES string of the molecule is O=C(O)C1CC1CNCCc1cccc(F)c1. The van der Waals surface area contributed by atoms with E-state index >= 15 is 0 Å². The van der Waals surface area contributed by atoms with Crippen molar-refractivity contribution in [3.8, 4) is 0 Å². The zero-order valence-electron chi connectivity index (χ0n) is 9.53. The number of benzene rings is 1. The molecule has 0 amide bonds. The van der Waals surface area contributed by atoms with Crippen LogP contribution in [0.5, 0.6) is 0 Å². The number of halogens is 1. The first kappa shape index (κ1) is 12.0. The van der Waals surface area contributed by atoms with Crippen LogP contribution < -0.4 is 5.32 Å². The molecule has 1 aromatic carbocycles. The second-order valence-electron chi connectivity index (χ2n) is 4.52. The minimum absolute atomic E-state index is 0.156. The fourth-order valence-corrected chi connectivity index (χ4v) is 1.99. The largest absolute Gasteiger partial charge is 0.481 e. The smallest absolute Gasteiger partial charge is 0.306 e. The molecule has 0 spiro atoms. The van der Waals surface area contributed by atoms with E-state index in [4.69, 9.17) is 5.11 Å². The molecule has 3 nitrogen and oxygen atoms in total. The lowest BCUT2D eigenvalue weighted by atomic mass is 10.1. The monoisotopic (exact) mass is 237 g/mol. The second-order valence-corrected chi connectivity index (χ2v) is 4.52. The summed E-state index contributed by atoms with van der Waals surface area (Å²) in [6, 6.07) is 6.55. The van der Waals surface area contributed by atoms with E-state index in [1.54, 1.807) is 6.07 Å². The van der Waals surface area contributed by atoms with Crippen molar-refractivity contribution in [2.24, 2.45) is 11.8 Å². The summed E-state index contributed by atoms with van der Waals surface area (Å²) in [6.07, 6.45) is 1.55. The maximum atomic E-state index is 12.9. The highest BCUT2D eigenvalue weighted by Gasteiger charge is 2.42. The zero-order valence-corrected chi connectivity index (χ0v) is 9.53. The molecule has 0 aliphatic heterocycles. The van der Waals surface area contributed by atoms with Gasteiger partial charge in [0.25, 0.3) is 0 Å². The van der Waals surface area contributed by atoms with Crippen LogP contribution in [0.15, 0.2) is 24.3 Å². The molecule has 0 bridgehead atoms. The summed E-state index contributed by atoms with van der Waals surface area (Å²) in [5.41, 5.74) is 0.961. The van der Waals surface area contributed by atoms with Crippen molar-refractivity contribution in [1.82, 2.24) is 5.32 Å². The molecule has 1 fully saturated rings. The third-order valence-electron chi connectivity index (χ3n) is 3.13. The molecule has 17 heavy (non-hydrogen) atoms. The number of hydrogen-bond acceptors (Lipinski definition) is 2. The van der Waals surface area contributed by atoms with Crippen molar-refractivity contribution < 1.29 is 14.3 Å². The molecule has 1 aliphatic carbocycles. The van der Waals surface area contributed by atoms with Gasteiger partial charge >= 0.3 is 5.97 Å². The summed E-state index contributed by atoms with van der Waals surface area (Å²) in [5.74, 6) is -0.783. The Balaban J connectivity index is 1.63. The predicted octanol–water partition coefficient (Wildman–Crippen LogP) is 1.68. The van der Waals surface area contributed by atoms with Crippen LogP contribution in [0.4, 0.5) is 4.39 Å². The van der Waals surface area contributed by atoms with Gasteiger partial charge in [-0.25, -0.2) is 4.39 Å². The lowest BCUT2D eigenvalue weighted by Gasteiger charge is -2.04. The number of aliphatic carboxylic acids is 1. The predicted molar refractivity (Wildman–Crippen MR) is 62.2 cm³/mol. The van der Waals surface area contributed by atoms with Crippen LogP contribution in [0.2, 0.25) is 0 Å². The molecule has 0 radical (unpaired) electrons. The minimum atomic E-state index is -0.693. The molecule has 1 aromatic rings. The van der Waals surface area contributed by atoms with Gasteiger partial charge in [0.2, 0.25) is 0 Å². The van der Waals surface area contributed by atoms with E-state index in [1.165, 1.54) is 12.1 Å². The standard InChI is InChI=1S/C13H16FNO2/c14-11-3-1-2-9(6-11)4-5-15-8-10-7-12(10)13(16)17/h1-3,6,10,12,15H,4-5,7-8H2,(H,16,17). The Bertz CT molecular complexity index is 408. The van der Waals surface area contributed by atoms with Gasteiger partial charge in [0.15, 0.2) is 0 Å². The van der Waals surface area contributed by atoms with Crippen LogP contribution in [-0.2, 0) is 11.2 Å². The molecule has 1 aliphatic rings. The normalized spacial score (nSPS) is 22.4. The number of hydrogen-bond donors (Lipinski definition) is 2. The minimum Gasteiger partial charge on any atom is -0.481 e. The highest BCUT2D eigenvalue weighted by molar-refractivity contribution is 5.73. The third kappa shape index (κ3) is 3.53. The Kier molecular flexibility index (Phi) is 3.74. The highest BCUT2D eigenvalue weighted by atomic mass is 19.1. The summed E-state index contributed by atoms with van der Waals surface area (Å²) in [7, 11) is 0. The van der Waals surface area contributed by atoms with Gasteiger partial charge in [0.05, 0.1) is 5.92 Å². The maximum absolute atomic E-state index is 12.9. The molecule has 4 heteroatoms. The lowest BCUT2D eigenvalue weighted by Crippen LogP contribution is -2.21. The van der Waals surface area contributed by atoms with Crippen LogP contribution in [0.25, 0.3) is 0 Å². The summed E-state index contributed by atoms with van der Waals surface area (Å²) < 4.78 is 12.9. The number of carboxylic acids is 1. The van der Waals surface area contributed by atoms with Crippen molar-refractivity contribution in [1.29, 1.82) is 0 Å². The quantitative estimate of drug-likeness (QED) is 0.740. The fraction of sp³-hybridized carbons (Fsp3) is 0.462. The van der Waals surface area contributed by atoms with Gasteiger partial charge in [-0.2, -0.15) is 0 Å². The van der Waals surface area contributed by atoms with E-state index in [-0.39, 0.29) is 17.7 Å². The molecule has 0 saturated heterocycles. The van der Waals surface area contributed by atoms with Gasteiger partial charge in [-0.05, 0) is 49.5 Å². The van der Waals surface area contributed by atoms with Crippen molar-refractivity contribution in [3.63, 3.8) is 0 Å². The first-order valence-electron chi connectivity index (χ1n) is 5.85. The van der Waals surface area contributed by atoms with E-state index in [1.807, 2.05) is 6.07 Å². The lowest BCUT2D eigenvalue weighted by molar-refractivity contribution is -0.138. The molecular weight excluding hydrogens is 221 g/mol. The van der Waals surface area contributed by atoms with Crippen LogP contribution >= 0.6 is 0 Å².